The van der Waals surface area contributed by atoms with E-state index in [1.807, 2.05) is 0 Å². The molecule has 0 saturated heterocycles. The summed E-state index contributed by atoms with van der Waals surface area (Å²) >= 11 is 11.7. The van der Waals surface area contributed by atoms with Gasteiger partial charge in [-0.25, -0.2) is 4.79 Å². The van der Waals surface area contributed by atoms with Crippen molar-refractivity contribution in [2.45, 2.75) is 0 Å². The van der Waals surface area contributed by atoms with Crippen LogP contribution in [-0.4, -0.2) is 19.2 Å². The minimum absolute atomic E-state index is 0.374. The summed E-state index contributed by atoms with van der Waals surface area (Å²) in [5.74, 6) is 1.28. The second-order valence-electron chi connectivity index (χ2n) is 4.57. The highest BCUT2D eigenvalue weighted by Gasteiger charge is 2.13. The first-order valence-corrected chi connectivity index (χ1v) is 7.30. The lowest BCUT2D eigenvalue weighted by molar-refractivity contribution is 0.171. The SMILES string of the molecule is O=C(Nc1ccc(Cl)c(Cl)c1)Nc1ccc2c(c1)OCCO2. The first-order valence-electron chi connectivity index (χ1n) is 6.54. The van der Waals surface area contributed by atoms with Gasteiger partial charge in [-0.2, -0.15) is 0 Å². The zero-order chi connectivity index (χ0) is 15.5. The highest BCUT2D eigenvalue weighted by molar-refractivity contribution is 6.42. The molecule has 0 spiro atoms. The average Bonchev–Trinajstić information content (AvgIpc) is 2.51. The molecule has 0 bridgehead atoms. The summed E-state index contributed by atoms with van der Waals surface area (Å²) in [7, 11) is 0. The first kappa shape index (κ1) is 14.8. The Morgan fingerprint density at radius 2 is 1.50 bits per heavy atom. The van der Waals surface area contributed by atoms with E-state index in [4.69, 9.17) is 32.7 Å². The lowest BCUT2D eigenvalue weighted by Crippen LogP contribution is -2.20. The van der Waals surface area contributed by atoms with Crippen LogP contribution in [0, 0.1) is 0 Å². The molecular formula is C15H12Cl2N2O3. The summed E-state index contributed by atoms with van der Waals surface area (Å²) in [6.45, 7) is 1.02. The third-order valence-electron chi connectivity index (χ3n) is 2.98. The molecule has 0 aliphatic carbocycles. The number of carbonyl (C=O) groups excluding carboxylic acids is 1. The van der Waals surface area contributed by atoms with E-state index in [9.17, 15) is 4.79 Å². The maximum Gasteiger partial charge on any atom is 0.323 e. The predicted octanol–water partition coefficient (Wildman–Crippen LogP) is 4.41. The van der Waals surface area contributed by atoms with E-state index >= 15 is 0 Å². The molecule has 0 aromatic heterocycles. The number of ether oxygens (including phenoxy) is 2. The van der Waals surface area contributed by atoms with Gasteiger partial charge in [0.1, 0.15) is 13.2 Å². The number of carbonyl (C=O) groups is 1. The monoisotopic (exact) mass is 338 g/mol. The van der Waals surface area contributed by atoms with Crippen LogP contribution in [0.4, 0.5) is 16.2 Å². The van der Waals surface area contributed by atoms with Gasteiger partial charge in [0.15, 0.2) is 11.5 Å². The number of anilines is 2. The first-order chi connectivity index (χ1) is 10.6. The molecule has 7 heteroatoms. The topological polar surface area (TPSA) is 59.6 Å². The summed E-state index contributed by atoms with van der Waals surface area (Å²) in [6, 6.07) is 9.66. The van der Waals surface area contributed by atoms with Crippen LogP contribution in [0.2, 0.25) is 10.0 Å². The van der Waals surface area contributed by atoms with Crippen molar-refractivity contribution in [3.05, 3.63) is 46.4 Å². The zero-order valence-corrected chi connectivity index (χ0v) is 12.9. The molecule has 2 aromatic rings. The molecule has 0 saturated carbocycles. The number of benzene rings is 2. The minimum Gasteiger partial charge on any atom is -0.486 e. The van der Waals surface area contributed by atoms with Gasteiger partial charge in [0, 0.05) is 17.4 Å². The molecule has 0 atom stereocenters. The van der Waals surface area contributed by atoms with E-state index < -0.39 is 6.03 Å². The van der Waals surface area contributed by atoms with Crippen LogP contribution in [-0.2, 0) is 0 Å². The quantitative estimate of drug-likeness (QED) is 0.852. The van der Waals surface area contributed by atoms with Crippen molar-refractivity contribution in [2.75, 3.05) is 23.8 Å². The van der Waals surface area contributed by atoms with Crippen molar-refractivity contribution < 1.29 is 14.3 Å². The van der Waals surface area contributed by atoms with Crippen LogP contribution in [0.3, 0.4) is 0 Å². The van der Waals surface area contributed by atoms with E-state index in [0.717, 1.165) is 0 Å². The van der Waals surface area contributed by atoms with Crippen molar-refractivity contribution in [1.82, 2.24) is 0 Å². The fraction of sp³-hybridized carbons (Fsp3) is 0.133. The zero-order valence-electron chi connectivity index (χ0n) is 11.4. The molecule has 22 heavy (non-hydrogen) atoms. The summed E-state index contributed by atoms with van der Waals surface area (Å²) in [6.07, 6.45) is 0. The van der Waals surface area contributed by atoms with Crippen LogP contribution < -0.4 is 20.1 Å². The van der Waals surface area contributed by atoms with E-state index in [0.29, 0.717) is 46.1 Å². The summed E-state index contributed by atoms with van der Waals surface area (Å²) in [5.41, 5.74) is 1.14. The van der Waals surface area contributed by atoms with Gasteiger partial charge < -0.3 is 20.1 Å². The van der Waals surface area contributed by atoms with Crippen LogP contribution in [0.5, 0.6) is 11.5 Å². The van der Waals surface area contributed by atoms with Crippen LogP contribution in [0.15, 0.2) is 36.4 Å². The molecule has 1 heterocycles. The van der Waals surface area contributed by atoms with Gasteiger partial charge in [-0.05, 0) is 30.3 Å². The molecule has 2 amide bonds. The molecule has 0 fully saturated rings. The van der Waals surface area contributed by atoms with E-state index in [-0.39, 0.29) is 0 Å². The van der Waals surface area contributed by atoms with Crippen molar-refractivity contribution >= 4 is 40.6 Å². The van der Waals surface area contributed by atoms with Gasteiger partial charge in [-0.15, -0.1) is 0 Å². The van der Waals surface area contributed by atoms with E-state index in [1.54, 1.807) is 36.4 Å². The molecule has 0 unspecified atom stereocenters. The number of hydrogen-bond acceptors (Lipinski definition) is 3. The maximum atomic E-state index is 12.0. The Morgan fingerprint density at radius 3 is 2.23 bits per heavy atom. The molecule has 2 N–H and O–H groups in total. The van der Waals surface area contributed by atoms with Crippen LogP contribution in [0.25, 0.3) is 0 Å². The average molecular weight is 339 g/mol. The van der Waals surface area contributed by atoms with Gasteiger partial charge >= 0.3 is 6.03 Å². The minimum atomic E-state index is -0.393. The lowest BCUT2D eigenvalue weighted by atomic mass is 10.2. The molecule has 114 valence electrons. The smallest absolute Gasteiger partial charge is 0.323 e. The predicted molar refractivity (Wildman–Crippen MR) is 86.5 cm³/mol. The van der Waals surface area contributed by atoms with E-state index in [1.165, 1.54) is 0 Å². The second kappa shape index (κ2) is 6.34. The second-order valence-corrected chi connectivity index (χ2v) is 5.38. The number of halogens is 2. The third-order valence-corrected chi connectivity index (χ3v) is 3.72. The number of urea groups is 1. The van der Waals surface area contributed by atoms with E-state index in [2.05, 4.69) is 10.6 Å². The number of nitrogens with one attached hydrogen (secondary N) is 2. The summed E-state index contributed by atoms with van der Waals surface area (Å²) in [5, 5.41) is 6.19. The molecule has 3 rings (SSSR count). The molecule has 5 nitrogen and oxygen atoms in total. The number of fused-ring (bicyclic) bond motifs is 1. The van der Waals surface area contributed by atoms with Crippen molar-refractivity contribution in [3.63, 3.8) is 0 Å². The van der Waals surface area contributed by atoms with Gasteiger partial charge in [-0.1, -0.05) is 23.2 Å². The van der Waals surface area contributed by atoms with Gasteiger partial charge in [0.25, 0.3) is 0 Å². The van der Waals surface area contributed by atoms with Crippen molar-refractivity contribution in [1.29, 1.82) is 0 Å². The Kier molecular flexibility index (Phi) is 4.27. The number of hydrogen-bond donors (Lipinski definition) is 2. The fourth-order valence-electron chi connectivity index (χ4n) is 1.99. The van der Waals surface area contributed by atoms with Crippen LogP contribution in [0.1, 0.15) is 0 Å². The van der Waals surface area contributed by atoms with Crippen molar-refractivity contribution in [3.8, 4) is 11.5 Å². The highest BCUT2D eigenvalue weighted by atomic mass is 35.5. The molecular weight excluding hydrogens is 327 g/mol. The molecule has 2 aromatic carbocycles. The standard InChI is InChI=1S/C15H12Cl2N2O3/c16-11-3-1-9(7-12(11)17)18-15(20)19-10-2-4-13-14(8-10)22-6-5-21-13/h1-4,7-8H,5-6H2,(H2,18,19,20). The normalized spacial score (nSPS) is 12.6. The maximum absolute atomic E-state index is 12.0. The fourth-order valence-corrected chi connectivity index (χ4v) is 2.29. The Bertz CT molecular complexity index is 722. The molecule has 1 aliphatic rings. The van der Waals surface area contributed by atoms with Gasteiger partial charge in [0.2, 0.25) is 0 Å². The van der Waals surface area contributed by atoms with Crippen molar-refractivity contribution in [2.24, 2.45) is 0 Å². The summed E-state index contributed by atoms with van der Waals surface area (Å²) < 4.78 is 10.9. The molecule has 1 aliphatic heterocycles. The Morgan fingerprint density at radius 1 is 0.864 bits per heavy atom. The summed E-state index contributed by atoms with van der Waals surface area (Å²) in [4.78, 5) is 12.0. The van der Waals surface area contributed by atoms with Gasteiger partial charge in [0.05, 0.1) is 10.0 Å². The third kappa shape index (κ3) is 3.37. The highest BCUT2D eigenvalue weighted by Crippen LogP contribution is 2.32. The Hall–Kier alpha value is -2.11. The lowest BCUT2D eigenvalue weighted by Gasteiger charge is -2.19. The Balaban J connectivity index is 1.67. The number of amides is 2. The Labute approximate surface area is 137 Å². The number of rotatable bonds is 2. The van der Waals surface area contributed by atoms with Crippen LogP contribution >= 0.6 is 23.2 Å². The van der Waals surface area contributed by atoms with Gasteiger partial charge in [-0.3, -0.25) is 0 Å². The largest absolute Gasteiger partial charge is 0.486 e. The molecule has 0 radical (unpaired) electrons.